The maximum atomic E-state index is 13.0. The van der Waals surface area contributed by atoms with Gasteiger partial charge in [-0.05, 0) is 37.1 Å². The van der Waals surface area contributed by atoms with Gasteiger partial charge >= 0.3 is 0 Å². The fourth-order valence-corrected chi connectivity index (χ4v) is 3.69. The molecule has 1 saturated heterocycles. The van der Waals surface area contributed by atoms with E-state index in [4.69, 9.17) is 4.74 Å². The van der Waals surface area contributed by atoms with Gasteiger partial charge in [0.05, 0.1) is 24.9 Å². The van der Waals surface area contributed by atoms with Gasteiger partial charge in [-0.3, -0.25) is 0 Å². The van der Waals surface area contributed by atoms with E-state index in [-0.39, 0.29) is 17.8 Å². The minimum Gasteiger partial charge on any atom is -0.387 e. The van der Waals surface area contributed by atoms with E-state index in [0.717, 1.165) is 24.9 Å². The van der Waals surface area contributed by atoms with Crippen LogP contribution in [-0.2, 0) is 4.74 Å². The largest absolute Gasteiger partial charge is 0.387 e. The molecular weight excluding hydrogens is 257 g/mol. The first-order valence-corrected chi connectivity index (χ1v) is 7.40. The first kappa shape index (κ1) is 13.8. The number of likely N-dealkylation sites (N-methyl/N-ethyl adjacent to an activating group) is 1. The molecule has 0 radical (unpaired) electrons. The minimum atomic E-state index is -0.681. The van der Waals surface area contributed by atoms with Gasteiger partial charge in [-0.1, -0.05) is 12.8 Å². The van der Waals surface area contributed by atoms with Crippen LogP contribution in [0.3, 0.4) is 0 Å². The van der Waals surface area contributed by atoms with E-state index in [1.54, 1.807) is 12.1 Å². The van der Waals surface area contributed by atoms with Crippen molar-refractivity contribution in [1.29, 1.82) is 0 Å². The first-order chi connectivity index (χ1) is 9.61. The Bertz CT molecular complexity index is 462. The Morgan fingerprint density at radius 3 is 2.75 bits per heavy atom. The average Bonchev–Trinajstić information content (AvgIpc) is 2.46. The van der Waals surface area contributed by atoms with Crippen LogP contribution in [0.15, 0.2) is 24.3 Å². The van der Waals surface area contributed by atoms with Gasteiger partial charge in [-0.25, -0.2) is 4.39 Å². The monoisotopic (exact) mass is 279 g/mol. The molecule has 2 aliphatic rings. The number of nitrogens with zero attached hydrogens (tertiary/aromatic N) is 1. The van der Waals surface area contributed by atoms with Gasteiger partial charge in [-0.15, -0.1) is 0 Å². The Balaban J connectivity index is 1.85. The molecule has 1 saturated carbocycles. The van der Waals surface area contributed by atoms with Crippen molar-refractivity contribution >= 4 is 5.69 Å². The van der Waals surface area contributed by atoms with Gasteiger partial charge in [0.15, 0.2) is 0 Å². The number of hydrogen-bond donors (Lipinski definition) is 1. The standard InChI is InChI=1S/C16H22FNO2/c1-18(14-7-5-13(17)6-8-14)15-11-20-10-12-4-2-3-9-16(12,15)19/h5-8,12,15,19H,2-4,9-11H2,1H3/t12-,15-,16-/m1/s1. The number of benzene rings is 1. The highest BCUT2D eigenvalue weighted by Gasteiger charge is 2.49. The molecule has 0 aromatic heterocycles. The maximum Gasteiger partial charge on any atom is 0.123 e. The van der Waals surface area contributed by atoms with E-state index in [1.165, 1.54) is 18.6 Å². The van der Waals surface area contributed by atoms with E-state index >= 15 is 0 Å². The summed E-state index contributed by atoms with van der Waals surface area (Å²) >= 11 is 0. The molecule has 4 heteroatoms. The topological polar surface area (TPSA) is 32.7 Å². The Morgan fingerprint density at radius 2 is 2.00 bits per heavy atom. The van der Waals surface area contributed by atoms with Crippen molar-refractivity contribution in [3.63, 3.8) is 0 Å². The molecule has 3 rings (SSSR count). The van der Waals surface area contributed by atoms with Gasteiger partial charge in [0, 0.05) is 18.7 Å². The minimum absolute atomic E-state index is 0.0630. The van der Waals surface area contributed by atoms with Crippen molar-refractivity contribution in [2.24, 2.45) is 5.92 Å². The maximum absolute atomic E-state index is 13.0. The van der Waals surface area contributed by atoms with Crippen molar-refractivity contribution in [3.05, 3.63) is 30.1 Å². The second-order valence-electron chi connectivity index (χ2n) is 6.07. The van der Waals surface area contributed by atoms with Crippen LogP contribution in [0.4, 0.5) is 10.1 Å². The first-order valence-electron chi connectivity index (χ1n) is 7.40. The zero-order valence-corrected chi connectivity index (χ0v) is 11.9. The molecule has 3 atom stereocenters. The quantitative estimate of drug-likeness (QED) is 0.903. The average molecular weight is 279 g/mol. The molecule has 0 unspecified atom stereocenters. The summed E-state index contributed by atoms with van der Waals surface area (Å²) in [6.07, 6.45) is 4.10. The third-order valence-electron chi connectivity index (χ3n) is 4.96. The van der Waals surface area contributed by atoms with E-state index in [2.05, 4.69) is 0 Å². The Hall–Kier alpha value is -1.13. The Kier molecular flexibility index (Phi) is 3.69. The number of fused-ring (bicyclic) bond motifs is 1. The molecule has 3 nitrogen and oxygen atoms in total. The second-order valence-corrected chi connectivity index (χ2v) is 6.07. The number of rotatable bonds is 2. The van der Waals surface area contributed by atoms with Gasteiger partial charge < -0.3 is 14.7 Å². The van der Waals surface area contributed by atoms with Crippen molar-refractivity contribution in [3.8, 4) is 0 Å². The predicted molar refractivity (Wildman–Crippen MR) is 76.3 cm³/mol. The molecule has 1 aromatic carbocycles. The van der Waals surface area contributed by atoms with Crippen LogP contribution in [0.25, 0.3) is 0 Å². The summed E-state index contributed by atoms with van der Waals surface area (Å²) < 4.78 is 18.8. The molecule has 20 heavy (non-hydrogen) atoms. The predicted octanol–water partition coefficient (Wildman–Crippen LogP) is 2.58. The molecular formula is C16H22FNO2. The zero-order chi connectivity index (χ0) is 14.2. The summed E-state index contributed by atoms with van der Waals surface area (Å²) in [6.45, 7) is 1.19. The molecule has 0 amide bonds. The highest BCUT2D eigenvalue weighted by Crippen LogP contribution is 2.41. The van der Waals surface area contributed by atoms with Crippen LogP contribution in [0.1, 0.15) is 25.7 Å². The normalized spacial score (nSPS) is 33.5. The molecule has 1 heterocycles. The summed E-state index contributed by atoms with van der Waals surface area (Å²) in [5.41, 5.74) is 0.235. The molecule has 1 aliphatic carbocycles. The number of hydrogen-bond acceptors (Lipinski definition) is 3. The number of halogens is 1. The number of anilines is 1. The third-order valence-corrected chi connectivity index (χ3v) is 4.96. The summed E-state index contributed by atoms with van der Waals surface area (Å²) in [5.74, 6) is -0.0193. The van der Waals surface area contributed by atoms with Crippen LogP contribution in [0, 0.1) is 11.7 Å². The molecule has 1 N–H and O–H groups in total. The fraction of sp³-hybridized carbons (Fsp3) is 0.625. The van der Waals surface area contributed by atoms with Crippen molar-refractivity contribution < 1.29 is 14.2 Å². The highest BCUT2D eigenvalue weighted by molar-refractivity contribution is 5.47. The van der Waals surface area contributed by atoms with E-state index in [1.807, 2.05) is 11.9 Å². The lowest BCUT2D eigenvalue weighted by Crippen LogP contribution is -2.63. The lowest BCUT2D eigenvalue weighted by atomic mass is 9.70. The Morgan fingerprint density at radius 1 is 1.25 bits per heavy atom. The summed E-state index contributed by atoms with van der Waals surface area (Å²) in [6, 6.07) is 6.36. The van der Waals surface area contributed by atoms with Gasteiger partial charge in [0.1, 0.15) is 5.82 Å². The van der Waals surface area contributed by atoms with Crippen molar-refractivity contribution in [1.82, 2.24) is 0 Å². The lowest BCUT2D eigenvalue weighted by Gasteiger charge is -2.51. The molecule has 0 bridgehead atoms. The molecule has 0 spiro atoms. The van der Waals surface area contributed by atoms with Crippen LogP contribution < -0.4 is 4.90 Å². The third kappa shape index (κ3) is 2.31. The molecule has 1 aromatic rings. The van der Waals surface area contributed by atoms with Crippen molar-refractivity contribution in [2.45, 2.75) is 37.3 Å². The smallest absolute Gasteiger partial charge is 0.123 e. The summed E-state index contributed by atoms with van der Waals surface area (Å²) in [7, 11) is 1.95. The van der Waals surface area contributed by atoms with Gasteiger partial charge in [-0.2, -0.15) is 0 Å². The van der Waals surface area contributed by atoms with E-state index < -0.39 is 5.60 Å². The molecule has 110 valence electrons. The SMILES string of the molecule is CN(c1ccc(F)cc1)[C@@H]1COC[C@H]2CCCC[C@@]21O. The van der Waals surface area contributed by atoms with E-state index in [9.17, 15) is 9.50 Å². The van der Waals surface area contributed by atoms with Gasteiger partial charge in [0.2, 0.25) is 0 Å². The molecule has 2 fully saturated rings. The highest BCUT2D eigenvalue weighted by atomic mass is 19.1. The van der Waals surface area contributed by atoms with Crippen LogP contribution in [0.2, 0.25) is 0 Å². The fourth-order valence-electron chi connectivity index (χ4n) is 3.69. The number of aliphatic hydroxyl groups is 1. The zero-order valence-electron chi connectivity index (χ0n) is 11.9. The van der Waals surface area contributed by atoms with Crippen molar-refractivity contribution in [2.75, 3.05) is 25.2 Å². The lowest BCUT2D eigenvalue weighted by molar-refractivity contribution is -0.145. The number of ether oxygens (including phenoxy) is 1. The van der Waals surface area contributed by atoms with Crippen LogP contribution >= 0.6 is 0 Å². The summed E-state index contributed by atoms with van der Waals surface area (Å²) in [4.78, 5) is 2.04. The Labute approximate surface area is 119 Å². The second kappa shape index (κ2) is 5.34. The van der Waals surface area contributed by atoms with Crippen LogP contribution in [0.5, 0.6) is 0 Å². The summed E-state index contributed by atoms with van der Waals surface area (Å²) in [5, 5.41) is 11.1. The van der Waals surface area contributed by atoms with Gasteiger partial charge in [0.25, 0.3) is 0 Å². The van der Waals surface area contributed by atoms with E-state index in [0.29, 0.717) is 13.2 Å². The molecule has 1 aliphatic heterocycles. The van der Waals surface area contributed by atoms with Crippen LogP contribution in [-0.4, -0.2) is 37.0 Å².